The zero-order valence-corrected chi connectivity index (χ0v) is 37.5. The second kappa shape index (κ2) is 37.8. The quantitative estimate of drug-likeness (QED) is 0.0102. The zero-order chi connectivity index (χ0) is 43.2. The molecule has 0 aliphatic rings. The molecule has 0 saturated heterocycles. The summed E-state index contributed by atoms with van der Waals surface area (Å²) in [7, 11) is 1.36. The fourth-order valence-electron chi connectivity index (χ4n) is 5.67. The summed E-state index contributed by atoms with van der Waals surface area (Å²) in [5, 5.41) is 18.0. The van der Waals surface area contributed by atoms with E-state index >= 15 is 0 Å². The van der Waals surface area contributed by atoms with Crippen LogP contribution in [-0.2, 0) is 42.5 Å². The van der Waals surface area contributed by atoms with Crippen molar-refractivity contribution in [1.29, 1.82) is 0 Å². The van der Waals surface area contributed by atoms with Gasteiger partial charge in [-0.25, -0.2) is 14.3 Å². The Morgan fingerprint density at radius 1 is 0.621 bits per heavy atom. The molecule has 0 amide bonds. The fraction of sp³-hybridized carbons (Fsp3) is 0.773. The van der Waals surface area contributed by atoms with E-state index in [1.807, 2.05) is 57.6 Å². The van der Waals surface area contributed by atoms with Crippen LogP contribution in [0.2, 0.25) is 0 Å². The third-order valence-electron chi connectivity index (χ3n) is 9.27. The molecule has 0 aromatic carbocycles. The number of phosphoric acid groups is 1. The first-order valence-corrected chi connectivity index (χ1v) is 23.4. The van der Waals surface area contributed by atoms with Crippen LogP contribution in [0.4, 0.5) is 0 Å². The van der Waals surface area contributed by atoms with Gasteiger partial charge in [-0.1, -0.05) is 140 Å². The molecule has 3 unspecified atom stereocenters. The van der Waals surface area contributed by atoms with Crippen molar-refractivity contribution in [3.05, 3.63) is 48.6 Å². The molecule has 58 heavy (non-hydrogen) atoms. The normalized spacial score (nSPS) is 15.1. The molecule has 0 aliphatic carbocycles. The van der Waals surface area contributed by atoms with E-state index in [9.17, 15) is 19.0 Å². The molecule has 0 rings (SSSR count). The van der Waals surface area contributed by atoms with Gasteiger partial charge in [0.2, 0.25) is 0 Å². The number of carbonyl (C=O) groups excluding carboxylic acids is 2. The van der Waals surface area contributed by atoms with E-state index < -0.39 is 32.5 Å². The Labute approximate surface area is 350 Å². The van der Waals surface area contributed by atoms with Crippen LogP contribution in [0.25, 0.3) is 0 Å². The topological polar surface area (TPSA) is 167 Å². The molecule has 13 nitrogen and oxygen atoms in total. The van der Waals surface area contributed by atoms with E-state index in [0.717, 1.165) is 116 Å². The highest BCUT2D eigenvalue weighted by molar-refractivity contribution is 7.47. The molecular weight excluding hydrogens is 765 g/mol. The largest absolute Gasteiger partial charge is 0.472 e. The summed E-state index contributed by atoms with van der Waals surface area (Å²) >= 11 is 0. The van der Waals surface area contributed by atoms with Crippen LogP contribution < -0.4 is 0 Å². The molecule has 0 aliphatic heterocycles. The minimum absolute atomic E-state index is 0.00133. The van der Waals surface area contributed by atoms with Crippen LogP contribution in [0, 0.1) is 0 Å². The highest BCUT2D eigenvalue weighted by atomic mass is 31.2. The lowest BCUT2D eigenvalue weighted by Gasteiger charge is -2.24. The average Bonchev–Trinajstić information content (AvgIpc) is 3.18. The van der Waals surface area contributed by atoms with Crippen molar-refractivity contribution in [2.75, 3.05) is 47.5 Å². The maximum absolute atomic E-state index is 12.7. The lowest BCUT2D eigenvalue weighted by molar-refractivity contribution is -0.870. The van der Waals surface area contributed by atoms with Gasteiger partial charge in [-0.05, 0) is 51.4 Å². The van der Waals surface area contributed by atoms with Crippen molar-refractivity contribution in [3.8, 4) is 0 Å². The van der Waals surface area contributed by atoms with Crippen LogP contribution >= 0.6 is 7.82 Å². The van der Waals surface area contributed by atoms with Crippen LogP contribution in [0.3, 0.4) is 0 Å². The van der Waals surface area contributed by atoms with Gasteiger partial charge in [0.05, 0.1) is 27.7 Å². The van der Waals surface area contributed by atoms with Crippen LogP contribution in [0.5, 0.6) is 0 Å². The molecule has 0 spiro atoms. The predicted molar refractivity (Wildman–Crippen MR) is 230 cm³/mol. The summed E-state index contributed by atoms with van der Waals surface area (Å²) in [6, 6.07) is 0. The molecule has 3 N–H and O–H groups in total. The number of phosphoric ester groups is 1. The molecule has 0 heterocycles. The van der Waals surface area contributed by atoms with Crippen molar-refractivity contribution >= 4 is 19.8 Å². The van der Waals surface area contributed by atoms with E-state index in [1.54, 1.807) is 0 Å². The average molecular weight is 847 g/mol. The van der Waals surface area contributed by atoms with E-state index in [0.29, 0.717) is 23.9 Å². The van der Waals surface area contributed by atoms with Crippen molar-refractivity contribution in [1.82, 2.24) is 0 Å². The van der Waals surface area contributed by atoms with E-state index in [1.165, 1.54) is 0 Å². The molecular formula is C44H81NO12P+. The van der Waals surface area contributed by atoms with Gasteiger partial charge in [0.1, 0.15) is 32.0 Å². The molecule has 0 aromatic rings. The molecule has 0 fully saturated rings. The summed E-state index contributed by atoms with van der Waals surface area (Å²) in [4.78, 5) is 44.4. The third kappa shape index (κ3) is 38.0. The number of nitrogens with zero attached hydrogens (tertiary/aromatic N) is 1. The Kier molecular flexibility index (Phi) is 36.4. The van der Waals surface area contributed by atoms with Crippen molar-refractivity contribution in [2.24, 2.45) is 0 Å². The Balaban J connectivity index is 4.57. The molecule has 0 aromatic heterocycles. The standard InChI is InChI=1S/C44H80NO12P/c1-6-8-24-30-40(56-48)32-26-20-16-12-10-14-18-22-28-34-43(46)52-38-42(39-54-58(50,51)53-37-36-45(3,4)5)55-44(47)35-29-23-19-15-11-13-17-21-27-33-41(57-49)31-25-9-7-2/h16-17,20-21,26-27,32-33,40-42H,6-15,18-19,22-25,28-31,34-39H2,1-5H3,(H2-,48,49,50,51)/p+1/b20-16-,21-17-,32-26+,33-27+/t40?,41?,42-/m1/s1. The number of hydrogen-bond acceptors (Lipinski definition) is 11. The smallest absolute Gasteiger partial charge is 0.462 e. The zero-order valence-electron chi connectivity index (χ0n) is 36.6. The Morgan fingerprint density at radius 3 is 1.59 bits per heavy atom. The van der Waals surface area contributed by atoms with E-state index in [4.69, 9.17) is 29.0 Å². The Morgan fingerprint density at radius 2 is 1.10 bits per heavy atom. The minimum atomic E-state index is -4.42. The summed E-state index contributed by atoms with van der Waals surface area (Å²) in [6.45, 7) is 4.02. The second-order valence-electron chi connectivity index (χ2n) is 15.9. The predicted octanol–water partition coefficient (Wildman–Crippen LogP) is 10.8. The van der Waals surface area contributed by atoms with Gasteiger partial charge in [0.25, 0.3) is 0 Å². The summed E-state index contributed by atoms with van der Waals surface area (Å²) in [5.41, 5.74) is 0. The monoisotopic (exact) mass is 847 g/mol. The van der Waals surface area contributed by atoms with E-state index in [-0.39, 0.29) is 38.3 Å². The van der Waals surface area contributed by atoms with Gasteiger partial charge in [-0.15, -0.1) is 0 Å². The molecule has 4 atom stereocenters. The summed E-state index contributed by atoms with van der Waals surface area (Å²) in [5.74, 6) is -0.923. The first kappa shape index (κ1) is 55.8. The van der Waals surface area contributed by atoms with Gasteiger partial charge in [-0.2, -0.15) is 0 Å². The minimum Gasteiger partial charge on any atom is -0.462 e. The van der Waals surface area contributed by atoms with Crippen LogP contribution in [0.1, 0.15) is 155 Å². The van der Waals surface area contributed by atoms with Crippen molar-refractivity contribution in [2.45, 2.75) is 173 Å². The number of hydrogen-bond donors (Lipinski definition) is 3. The maximum atomic E-state index is 12.7. The molecule has 338 valence electrons. The maximum Gasteiger partial charge on any atom is 0.472 e. The second-order valence-corrected chi connectivity index (χ2v) is 17.4. The lowest BCUT2D eigenvalue weighted by Crippen LogP contribution is -2.37. The summed E-state index contributed by atoms with van der Waals surface area (Å²) in [6.07, 6.45) is 33.5. The Bertz CT molecular complexity index is 1170. The lowest BCUT2D eigenvalue weighted by atomic mass is 10.1. The third-order valence-corrected chi connectivity index (χ3v) is 10.3. The number of esters is 2. The number of rotatable bonds is 40. The van der Waals surface area contributed by atoms with Crippen molar-refractivity contribution < 1.29 is 62.3 Å². The van der Waals surface area contributed by atoms with Crippen LogP contribution in [-0.4, -0.2) is 97.6 Å². The van der Waals surface area contributed by atoms with Crippen molar-refractivity contribution in [3.63, 3.8) is 0 Å². The molecule has 0 bridgehead atoms. The van der Waals surface area contributed by atoms with Gasteiger partial charge >= 0.3 is 19.8 Å². The first-order valence-electron chi connectivity index (χ1n) is 21.9. The SMILES string of the molecule is CCCCCC(/C=C/C=C\CCCCCCCC(=O)OC[C@H](COP(=O)(O)OCC[N+](C)(C)C)OC(=O)CCCCCCC/C=C\C=C\C(CCCCC)OO)OO. The molecule has 0 saturated carbocycles. The van der Waals surface area contributed by atoms with Gasteiger partial charge in [-0.3, -0.25) is 29.2 Å². The number of allylic oxidation sites excluding steroid dienone is 6. The highest BCUT2D eigenvalue weighted by Crippen LogP contribution is 2.43. The van der Waals surface area contributed by atoms with Gasteiger partial charge < -0.3 is 18.9 Å². The number of quaternary nitrogens is 1. The van der Waals surface area contributed by atoms with Gasteiger partial charge in [0.15, 0.2) is 6.10 Å². The van der Waals surface area contributed by atoms with E-state index in [2.05, 4.69) is 35.8 Å². The highest BCUT2D eigenvalue weighted by Gasteiger charge is 2.27. The number of likely N-dealkylation sites (N-methyl/N-ethyl adjacent to an activating group) is 1. The van der Waals surface area contributed by atoms with Crippen LogP contribution in [0.15, 0.2) is 48.6 Å². The number of unbranched alkanes of at least 4 members (excludes halogenated alkanes) is 14. The first-order chi connectivity index (χ1) is 27.9. The molecule has 0 radical (unpaired) electrons. The number of carbonyl (C=O) groups is 2. The Hall–Kier alpha value is -2.19. The molecule has 14 heteroatoms. The summed E-state index contributed by atoms with van der Waals surface area (Å²) < 4.78 is 34.2. The van der Waals surface area contributed by atoms with Gasteiger partial charge in [0, 0.05) is 12.8 Å². The number of ether oxygens (including phenoxy) is 2. The fourth-order valence-corrected chi connectivity index (χ4v) is 6.41.